The first-order valence-electron chi connectivity index (χ1n) is 21.7. The summed E-state index contributed by atoms with van der Waals surface area (Å²) in [5, 5.41) is 26.3. The Balaban J connectivity index is 1.38. The number of fused-ring (bicyclic) bond motifs is 6. The zero-order valence-corrected chi connectivity index (χ0v) is 36.2. The van der Waals surface area contributed by atoms with Gasteiger partial charge >= 0.3 is 17.9 Å². The third kappa shape index (κ3) is 5.47. The minimum absolute atomic E-state index is 0.158. The van der Waals surface area contributed by atoms with Crippen LogP contribution >= 0.6 is 0 Å². The molecule has 1 amide bonds. The molecular weight excluding hydrogens is 781 g/mol. The molecule has 6 aliphatic rings. The van der Waals surface area contributed by atoms with E-state index < -0.39 is 63.5 Å². The molecule has 5 aliphatic heterocycles. The Morgan fingerprint density at radius 1 is 0.967 bits per heavy atom. The average molecular weight is 839 g/mol. The summed E-state index contributed by atoms with van der Waals surface area (Å²) in [5.41, 5.74) is -2.08. The molecule has 1 spiro atoms. The Bertz CT molecular complexity index is 2360. The van der Waals surface area contributed by atoms with Crippen LogP contribution in [0, 0.1) is 18.3 Å². The lowest BCUT2D eigenvalue weighted by molar-refractivity contribution is -0.228. The van der Waals surface area contributed by atoms with E-state index in [-0.39, 0.29) is 12.3 Å². The van der Waals surface area contributed by atoms with Gasteiger partial charge < -0.3 is 39.0 Å². The molecule has 2 aromatic carbocycles. The zero-order chi connectivity index (χ0) is 43.4. The second-order valence-electron chi connectivity index (χ2n) is 18.6. The largest absolute Gasteiger partial charge is 0.496 e. The number of piperidine rings is 1. The maximum absolute atomic E-state index is 15.4. The summed E-state index contributed by atoms with van der Waals surface area (Å²) < 4.78 is 23.7. The van der Waals surface area contributed by atoms with Crippen LogP contribution in [0.25, 0.3) is 10.9 Å². The number of nitrogens with one attached hydrogen (secondary N) is 1. The number of aromatic nitrogens is 1. The van der Waals surface area contributed by atoms with E-state index in [0.29, 0.717) is 99.5 Å². The summed E-state index contributed by atoms with van der Waals surface area (Å²) >= 11 is 0. The van der Waals surface area contributed by atoms with Gasteiger partial charge in [0.25, 0.3) is 0 Å². The number of anilines is 1. The van der Waals surface area contributed by atoms with E-state index in [1.54, 1.807) is 6.07 Å². The van der Waals surface area contributed by atoms with E-state index in [1.165, 1.54) is 33.2 Å². The van der Waals surface area contributed by atoms with Crippen LogP contribution in [0.3, 0.4) is 0 Å². The number of aliphatic hydroxyl groups is 2. The van der Waals surface area contributed by atoms with Gasteiger partial charge in [0, 0.05) is 78.2 Å². The average Bonchev–Trinajstić information content (AvgIpc) is 3.92. The van der Waals surface area contributed by atoms with Gasteiger partial charge in [0.15, 0.2) is 6.10 Å². The van der Waals surface area contributed by atoms with Gasteiger partial charge in [0.05, 0.1) is 38.7 Å². The molecule has 3 N–H and O–H groups in total. The lowest BCUT2D eigenvalue weighted by Crippen LogP contribution is -2.81. The molecule has 326 valence electrons. The molecule has 2 bridgehead atoms. The third-order valence-electron chi connectivity index (χ3n) is 15.7. The van der Waals surface area contributed by atoms with Gasteiger partial charge in [0.1, 0.15) is 11.2 Å². The SMILES string of the molecule is CC[C@]1(O)C[C@H]2CN(CCc3c([nH]c4ccc(C)cc34)[C@@](C(=O)OC)(c3cc4c(cc3OC)N(C=O)[C@H]3[C@@](O)(C(=O)OC)[C@H](OC(C)=O)[C@]5(CC)C=CCN6CC[C@]43[C@@H]65)C2)C1. The summed E-state index contributed by atoms with van der Waals surface area (Å²) in [6, 6.07) is 8.20. The molecule has 1 saturated carbocycles. The van der Waals surface area contributed by atoms with Crippen LogP contribution in [0.15, 0.2) is 42.5 Å². The Labute approximate surface area is 356 Å². The predicted molar refractivity (Wildman–Crippen MR) is 225 cm³/mol. The highest BCUT2D eigenvalue weighted by Gasteiger charge is 2.81. The summed E-state index contributed by atoms with van der Waals surface area (Å²) in [7, 11) is 4.10. The fraction of sp³-hybridized carbons (Fsp3) is 0.574. The van der Waals surface area contributed by atoms with Gasteiger partial charge in [-0.15, -0.1) is 0 Å². The van der Waals surface area contributed by atoms with Gasteiger partial charge in [-0.2, -0.15) is 0 Å². The highest BCUT2D eigenvalue weighted by molar-refractivity contribution is 5.96. The second-order valence-corrected chi connectivity index (χ2v) is 18.6. The number of amides is 1. The number of nitrogens with zero attached hydrogens (tertiary/aromatic N) is 3. The molecule has 10 atom stereocenters. The maximum atomic E-state index is 15.4. The van der Waals surface area contributed by atoms with Crippen molar-refractivity contribution in [2.45, 2.75) is 106 Å². The highest BCUT2D eigenvalue weighted by atomic mass is 16.6. The van der Waals surface area contributed by atoms with Crippen LogP contribution in [0.2, 0.25) is 0 Å². The van der Waals surface area contributed by atoms with Gasteiger partial charge in [-0.25, -0.2) is 4.79 Å². The molecular formula is C47H58N4O10. The van der Waals surface area contributed by atoms with Crippen LogP contribution in [0.5, 0.6) is 5.75 Å². The van der Waals surface area contributed by atoms with Crippen molar-refractivity contribution in [3.8, 4) is 5.75 Å². The van der Waals surface area contributed by atoms with Crippen molar-refractivity contribution in [1.82, 2.24) is 14.8 Å². The first-order valence-corrected chi connectivity index (χ1v) is 21.7. The molecule has 61 heavy (non-hydrogen) atoms. The monoisotopic (exact) mass is 838 g/mol. The van der Waals surface area contributed by atoms with Crippen molar-refractivity contribution >= 4 is 40.9 Å². The number of aryl methyl sites for hydroxylation is 1. The molecule has 0 radical (unpaired) electrons. The lowest BCUT2D eigenvalue weighted by Gasteiger charge is -2.63. The smallest absolute Gasteiger partial charge is 0.344 e. The van der Waals surface area contributed by atoms with E-state index in [4.69, 9.17) is 18.9 Å². The molecule has 14 nitrogen and oxygen atoms in total. The number of esters is 3. The number of rotatable bonds is 8. The van der Waals surface area contributed by atoms with E-state index in [0.717, 1.165) is 22.0 Å². The minimum Gasteiger partial charge on any atom is -0.496 e. The molecule has 1 aromatic heterocycles. The van der Waals surface area contributed by atoms with E-state index >= 15 is 4.79 Å². The summed E-state index contributed by atoms with van der Waals surface area (Å²) in [5.74, 6) is -2.06. The molecule has 1 unspecified atom stereocenters. The number of carbonyl (C=O) groups excluding carboxylic acids is 4. The first kappa shape index (κ1) is 41.6. The quantitative estimate of drug-likeness (QED) is 0.130. The fourth-order valence-electron chi connectivity index (χ4n) is 13.5. The number of H-pyrrole nitrogens is 1. The Hall–Kier alpha value is -4.76. The second kappa shape index (κ2) is 14.4. The number of carbonyl (C=O) groups is 4. The van der Waals surface area contributed by atoms with Crippen molar-refractivity contribution in [2.24, 2.45) is 11.3 Å². The maximum Gasteiger partial charge on any atom is 0.344 e. The molecule has 9 rings (SSSR count). The van der Waals surface area contributed by atoms with Crippen LogP contribution in [0.1, 0.15) is 80.8 Å². The van der Waals surface area contributed by atoms with Crippen molar-refractivity contribution in [3.05, 3.63) is 70.4 Å². The topological polar surface area (TPSA) is 171 Å². The normalized spacial score (nSPS) is 36.1. The van der Waals surface area contributed by atoms with E-state index in [1.807, 2.05) is 51.1 Å². The first-order chi connectivity index (χ1) is 29.2. The molecule has 3 aromatic rings. The molecule has 14 heteroatoms. The van der Waals surface area contributed by atoms with Crippen LogP contribution in [-0.2, 0) is 50.6 Å². The summed E-state index contributed by atoms with van der Waals surface area (Å²) in [4.78, 5) is 66.3. The van der Waals surface area contributed by atoms with Gasteiger partial charge in [-0.05, 0) is 87.2 Å². The van der Waals surface area contributed by atoms with Crippen molar-refractivity contribution < 1.29 is 48.3 Å². The Kier molecular flexibility index (Phi) is 9.82. The van der Waals surface area contributed by atoms with E-state index in [2.05, 4.69) is 20.9 Å². The number of ether oxygens (including phenoxy) is 4. The highest BCUT2D eigenvalue weighted by Crippen LogP contribution is 2.68. The molecule has 2 saturated heterocycles. The molecule has 1 aliphatic carbocycles. The van der Waals surface area contributed by atoms with Gasteiger partial charge in [-0.3, -0.25) is 24.2 Å². The number of hydrogen-bond donors (Lipinski definition) is 3. The summed E-state index contributed by atoms with van der Waals surface area (Å²) in [6.07, 6.45) is 5.83. The predicted octanol–water partition coefficient (Wildman–Crippen LogP) is 3.83. The third-order valence-corrected chi connectivity index (χ3v) is 15.7. The zero-order valence-electron chi connectivity index (χ0n) is 36.2. The van der Waals surface area contributed by atoms with Crippen LogP contribution < -0.4 is 9.64 Å². The molecule has 3 fully saturated rings. The summed E-state index contributed by atoms with van der Waals surface area (Å²) in [6.45, 7) is 10.2. The van der Waals surface area contributed by atoms with Crippen molar-refractivity contribution in [2.75, 3.05) is 59.0 Å². The van der Waals surface area contributed by atoms with Crippen molar-refractivity contribution in [1.29, 1.82) is 0 Å². The van der Waals surface area contributed by atoms with E-state index in [9.17, 15) is 24.6 Å². The lowest BCUT2D eigenvalue weighted by atomic mass is 9.47. The Morgan fingerprint density at radius 2 is 1.74 bits per heavy atom. The van der Waals surface area contributed by atoms with Crippen LogP contribution in [-0.4, -0.2) is 133 Å². The van der Waals surface area contributed by atoms with Gasteiger partial charge in [-0.1, -0.05) is 37.6 Å². The number of hydrogen-bond acceptors (Lipinski definition) is 12. The number of benzene rings is 2. The minimum atomic E-state index is -2.53. The molecule has 6 heterocycles. The van der Waals surface area contributed by atoms with Gasteiger partial charge in [0.2, 0.25) is 12.0 Å². The number of methoxy groups -OCH3 is 3. The fourth-order valence-corrected chi connectivity index (χ4v) is 13.5. The van der Waals surface area contributed by atoms with Crippen molar-refractivity contribution in [3.63, 3.8) is 0 Å². The standard InChI is InChI=1S/C47H58N4O10/c1-8-43(56)22-29-23-46(41(54)59-6,37-30(13-17-49(24-29)25-43)31-19-27(3)11-12-34(31)48-37)33-20-32-35(21-36(33)58-5)51(26-52)39-45(32)15-18-50-16-10-14-44(9-2,38(45)50)40(61-28(4)53)47(39,57)42(55)60-7/h10-12,14,19-21,26,29,38-40,48,56-57H,8-9,13,15-18,22-25H2,1-7H3/t29-,38+,39-,40-,43+,44-,45-,46+,47+/m1/s1. The number of aromatic amines is 1. The Morgan fingerprint density at radius 3 is 2.41 bits per heavy atom. The van der Waals surface area contributed by atoms with Crippen LogP contribution in [0.4, 0.5) is 5.69 Å².